The second-order valence-electron chi connectivity index (χ2n) is 8.68. The van der Waals surface area contributed by atoms with Crippen LogP contribution in [0, 0.1) is 6.92 Å². The minimum absolute atomic E-state index is 0.346. The molecule has 1 heterocycles. The first-order chi connectivity index (χ1) is 18.0. The lowest BCUT2D eigenvalue weighted by Crippen LogP contribution is -2.04. The Hall–Kier alpha value is -3.25. The van der Waals surface area contributed by atoms with E-state index in [1.54, 1.807) is 11.3 Å². The van der Waals surface area contributed by atoms with Crippen molar-refractivity contribution >= 4 is 50.4 Å². The predicted octanol–water partition coefficient (Wildman–Crippen LogP) is 9.17. The quantitative estimate of drug-likeness (QED) is 0.199. The molecule has 0 saturated heterocycles. The monoisotopic (exact) mass is 548 g/mol. The average Bonchev–Trinajstić information content (AvgIpc) is 3.31. The summed E-state index contributed by atoms with van der Waals surface area (Å²) in [6.45, 7) is 5.49. The van der Waals surface area contributed by atoms with E-state index in [4.69, 9.17) is 37.7 Å². The topological polar surface area (TPSA) is 43.4 Å². The van der Waals surface area contributed by atoms with Crippen molar-refractivity contribution in [3.8, 4) is 22.1 Å². The maximum Gasteiger partial charge on any atom is 0.180 e. The van der Waals surface area contributed by atoms with E-state index in [0.29, 0.717) is 41.3 Å². The summed E-state index contributed by atoms with van der Waals surface area (Å²) in [5.74, 6) is 1.15. The number of benzene rings is 4. The van der Waals surface area contributed by atoms with Crippen molar-refractivity contribution in [1.82, 2.24) is 4.98 Å². The Morgan fingerprint density at radius 1 is 0.892 bits per heavy atom. The van der Waals surface area contributed by atoms with Gasteiger partial charge < -0.3 is 14.8 Å². The maximum absolute atomic E-state index is 6.62. The standard InChI is InChI=1S/C30H26Cl2N2O2S/c1-3-35-27-16-21(15-25(32)29(27)36-18-20-5-4-6-23(31)14-20)17-33-24-10-8-22(9-11-24)30-34-26-12-7-19(2)13-28(26)37-30/h4-16,33H,3,17-18H2,1-2H3. The number of nitrogens with one attached hydrogen (secondary N) is 1. The van der Waals surface area contributed by atoms with Gasteiger partial charge in [-0.3, -0.25) is 0 Å². The lowest BCUT2D eigenvalue weighted by molar-refractivity contribution is 0.269. The molecular formula is C30H26Cl2N2O2S. The van der Waals surface area contributed by atoms with E-state index in [0.717, 1.165) is 32.9 Å². The summed E-state index contributed by atoms with van der Waals surface area (Å²) in [5, 5.41) is 5.66. The molecule has 5 aromatic rings. The molecule has 0 spiro atoms. The highest BCUT2D eigenvalue weighted by Crippen LogP contribution is 2.38. The van der Waals surface area contributed by atoms with E-state index >= 15 is 0 Å². The number of hydrogen-bond acceptors (Lipinski definition) is 5. The zero-order valence-electron chi connectivity index (χ0n) is 20.6. The van der Waals surface area contributed by atoms with Crippen molar-refractivity contribution in [2.45, 2.75) is 27.0 Å². The fourth-order valence-electron chi connectivity index (χ4n) is 4.00. The van der Waals surface area contributed by atoms with Gasteiger partial charge in [0, 0.05) is 22.8 Å². The number of rotatable bonds is 9. The van der Waals surface area contributed by atoms with Crippen LogP contribution < -0.4 is 14.8 Å². The van der Waals surface area contributed by atoms with Gasteiger partial charge in [-0.15, -0.1) is 11.3 Å². The second kappa shape index (κ2) is 11.4. The molecule has 0 aliphatic rings. The largest absolute Gasteiger partial charge is 0.490 e. The van der Waals surface area contributed by atoms with E-state index in [2.05, 4.69) is 54.7 Å². The Kier molecular flexibility index (Phi) is 7.85. The summed E-state index contributed by atoms with van der Waals surface area (Å²) in [4.78, 5) is 4.78. The summed E-state index contributed by atoms with van der Waals surface area (Å²) in [6, 6.07) is 26.1. The Morgan fingerprint density at radius 2 is 1.73 bits per heavy atom. The molecule has 1 aromatic heterocycles. The Balaban J connectivity index is 1.27. The van der Waals surface area contributed by atoms with Crippen LogP contribution in [0.15, 0.2) is 78.9 Å². The smallest absolute Gasteiger partial charge is 0.180 e. The molecule has 0 aliphatic heterocycles. The Labute approximate surface area is 230 Å². The van der Waals surface area contributed by atoms with Crippen LogP contribution in [-0.4, -0.2) is 11.6 Å². The van der Waals surface area contributed by atoms with E-state index in [1.807, 2.05) is 43.3 Å². The first-order valence-corrected chi connectivity index (χ1v) is 13.6. The second-order valence-corrected chi connectivity index (χ2v) is 10.6. The predicted molar refractivity (Wildman–Crippen MR) is 156 cm³/mol. The van der Waals surface area contributed by atoms with Gasteiger partial charge >= 0.3 is 0 Å². The molecular weight excluding hydrogens is 523 g/mol. The van der Waals surface area contributed by atoms with Gasteiger partial charge in [0.1, 0.15) is 11.6 Å². The molecule has 188 valence electrons. The molecule has 7 heteroatoms. The number of hydrogen-bond donors (Lipinski definition) is 1. The van der Waals surface area contributed by atoms with Gasteiger partial charge in [-0.1, -0.05) is 41.4 Å². The van der Waals surface area contributed by atoms with Crippen LogP contribution in [0.4, 0.5) is 5.69 Å². The van der Waals surface area contributed by atoms with E-state index in [-0.39, 0.29) is 0 Å². The van der Waals surface area contributed by atoms with Gasteiger partial charge in [0.2, 0.25) is 0 Å². The third kappa shape index (κ3) is 6.19. The van der Waals surface area contributed by atoms with Crippen LogP contribution in [0.5, 0.6) is 11.5 Å². The van der Waals surface area contributed by atoms with Gasteiger partial charge in [-0.05, 0) is 91.2 Å². The number of anilines is 1. The maximum atomic E-state index is 6.62. The number of fused-ring (bicyclic) bond motifs is 1. The first kappa shape index (κ1) is 25.4. The van der Waals surface area contributed by atoms with Gasteiger partial charge in [0.15, 0.2) is 11.5 Å². The van der Waals surface area contributed by atoms with Crippen LogP contribution in [0.3, 0.4) is 0 Å². The summed E-state index contributed by atoms with van der Waals surface area (Å²) >= 11 is 14.4. The number of halogens is 2. The molecule has 4 nitrogen and oxygen atoms in total. The van der Waals surface area contributed by atoms with Crippen LogP contribution in [0.2, 0.25) is 10.0 Å². The molecule has 1 N–H and O–H groups in total. The molecule has 0 bridgehead atoms. The van der Waals surface area contributed by atoms with Crippen LogP contribution in [0.1, 0.15) is 23.6 Å². The number of thiazole rings is 1. The highest BCUT2D eigenvalue weighted by molar-refractivity contribution is 7.21. The Morgan fingerprint density at radius 3 is 2.51 bits per heavy atom. The van der Waals surface area contributed by atoms with E-state index < -0.39 is 0 Å². The molecule has 0 radical (unpaired) electrons. The van der Waals surface area contributed by atoms with Crippen LogP contribution in [-0.2, 0) is 13.2 Å². The molecule has 0 atom stereocenters. The van der Waals surface area contributed by atoms with Crippen LogP contribution >= 0.6 is 34.5 Å². The van der Waals surface area contributed by atoms with Crippen molar-refractivity contribution < 1.29 is 9.47 Å². The summed E-state index contributed by atoms with van der Waals surface area (Å²) in [7, 11) is 0. The molecule has 4 aromatic carbocycles. The lowest BCUT2D eigenvalue weighted by Gasteiger charge is -2.16. The average molecular weight is 550 g/mol. The van der Waals surface area contributed by atoms with Crippen molar-refractivity contribution in [3.05, 3.63) is 106 Å². The SMILES string of the molecule is CCOc1cc(CNc2ccc(-c3nc4ccc(C)cc4s3)cc2)cc(Cl)c1OCc1cccc(Cl)c1. The number of aromatic nitrogens is 1. The van der Waals surface area contributed by atoms with Crippen LogP contribution in [0.25, 0.3) is 20.8 Å². The van der Waals surface area contributed by atoms with E-state index in [1.165, 1.54) is 10.3 Å². The Bertz CT molecular complexity index is 1530. The highest BCUT2D eigenvalue weighted by atomic mass is 35.5. The molecule has 37 heavy (non-hydrogen) atoms. The molecule has 0 aliphatic carbocycles. The van der Waals surface area contributed by atoms with Gasteiger partial charge in [0.05, 0.1) is 21.8 Å². The van der Waals surface area contributed by atoms with Gasteiger partial charge in [-0.25, -0.2) is 4.98 Å². The number of aryl methyl sites for hydroxylation is 1. The minimum atomic E-state index is 0.346. The third-order valence-corrected chi connectivity index (χ3v) is 7.40. The fraction of sp³-hybridized carbons (Fsp3) is 0.167. The van der Waals surface area contributed by atoms with E-state index in [9.17, 15) is 0 Å². The summed E-state index contributed by atoms with van der Waals surface area (Å²) in [6.07, 6.45) is 0. The highest BCUT2D eigenvalue weighted by Gasteiger charge is 2.14. The van der Waals surface area contributed by atoms with Crippen molar-refractivity contribution in [2.75, 3.05) is 11.9 Å². The number of nitrogens with zero attached hydrogens (tertiary/aromatic N) is 1. The normalized spacial score (nSPS) is 11.0. The zero-order chi connectivity index (χ0) is 25.8. The lowest BCUT2D eigenvalue weighted by atomic mass is 10.1. The minimum Gasteiger partial charge on any atom is -0.490 e. The van der Waals surface area contributed by atoms with Gasteiger partial charge in [-0.2, -0.15) is 0 Å². The van der Waals surface area contributed by atoms with Crippen molar-refractivity contribution in [3.63, 3.8) is 0 Å². The summed E-state index contributed by atoms with van der Waals surface area (Å²) < 4.78 is 13.1. The number of ether oxygens (including phenoxy) is 2. The molecule has 0 unspecified atom stereocenters. The van der Waals surface area contributed by atoms with Crippen molar-refractivity contribution in [2.24, 2.45) is 0 Å². The van der Waals surface area contributed by atoms with Crippen molar-refractivity contribution in [1.29, 1.82) is 0 Å². The zero-order valence-corrected chi connectivity index (χ0v) is 22.9. The molecule has 0 saturated carbocycles. The molecule has 0 fully saturated rings. The molecule has 0 amide bonds. The first-order valence-electron chi connectivity index (χ1n) is 12.0. The molecule has 5 rings (SSSR count). The third-order valence-electron chi connectivity index (χ3n) is 5.81. The fourth-order valence-corrected chi connectivity index (χ4v) is 5.57. The van der Waals surface area contributed by atoms with Gasteiger partial charge in [0.25, 0.3) is 0 Å². The summed E-state index contributed by atoms with van der Waals surface area (Å²) in [5.41, 5.74) is 6.35.